The second-order valence-corrected chi connectivity index (χ2v) is 6.20. The Balaban J connectivity index is 1.82. The molecule has 0 aliphatic carbocycles. The number of imidazole rings is 1. The summed E-state index contributed by atoms with van der Waals surface area (Å²) in [5, 5.41) is 2.91. The van der Waals surface area contributed by atoms with Gasteiger partial charge in [0.2, 0.25) is 5.91 Å². The van der Waals surface area contributed by atoms with Gasteiger partial charge in [0.05, 0.1) is 23.6 Å². The molecule has 1 N–H and O–H groups in total. The van der Waals surface area contributed by atoms with E-state index in [4.69, 9.17) is 9.72 Å². The third-order valence-electron chi connectivity index (χ3n) is 4.06. The number of nitrogens with zero attached hydrogens (tertiary/aromatic N) is 2. The molecule has 0 spiro atoms. The van der Waals surface area contributed by atoms with Gasteiger partial charge < -0.3 is 14.6 Å². The van der Waals surface area contributed by atoms with E-state index in [-0.39, 0.29) is 11.9 Å². The summed E-state index contributed by atoms with van der Waals surface area (Å²) in [7, 11) is 0. The summed E-state index contributed by atoms with van der Waals surface area (Å²) in [6.45, 7) is 6.70. The average Bonchev–Trinajstić information content (AvgIpc) is 2.93. The third kappa shape index (κ3) is 3.99. The SMILES string of the molecule is CC(=O)NC(C)c1nc2ccccc2n1CCOc1cccc(C)c1. The molecule has 0 fully saturated rings. The van der Waals surface area contributed by atoms with Crippen LogP contribution in [-0.4, -0.2) is 22.1 Å². The molecule has 5 heteroatoms. The van der Waals surface area contributed by atoms with Crippen molar-refractivity contribution < 1.29 is 9.53 Å². The number of aromatic nitrogens is 2. The summed E-state index contributed by atoms with van der Waals surface area (Å²) in [5.41, 5.74) is 3.14. The first-order chi connectivity index (χ1) is 12.0. The van der Waals surface area contributed by atoms with Gasteiger partial charge in [-0.05, 0) is 43.7 Å². The van der Waals surface area contributed by atoms with Gasteiger partial charge >= 0.3 is 0 Å². The highest BCUT2D eigenvalue weighted by Crippen LogP contribution is 2.21. The van der Waals surface area contributed by atoms with E-state index in [0.717, 1.165) is 22.6 Å². The summed E-state index contributed by atoms with van der Waals surface area (Å²) in [6.07, 6.45) is 0. The zero-order valence-corrected chi connectivity index (χ0v) is 14.8. The van der Waals surface area contributed by atoms with Gasteiger partial charge in [-0.1, -0.05) is 24.3 Å². The lowest BCUT2D eigenvalue weighted by atomic mass is 10.2. The molecule has 0 aliphatic heterocycles. The summed E-state index contributed by atoms with van der Waals surface area (Å²) in [4.78, 5) is 16.1. The second kappa shape index (κ2) is 7.38. The number of hydrogen-bond donors (Lipinski definition) is 1. The van der Waals surface area contributed by atoms with Crippen LogP contribution in [0.2, 0.25) is 0 Å². The van der Waals surface area contributed by atoms with Crippen LogP contribution < -0.4 is 10.1 Å². The van der Waals surface area contributed by atoms with Crippen LogP contribution in [0.15, 0.2) is 48.5 Å². The van der Waals surface area contributed by atoms with Crippen LogP contribution in [0.25, 0.3) is 11.0 Å². The smallest absolute Gasteiger partial charge is 0.217 e. The molecule has 130 valence electrons. The van der Waals surface area contributed by atoms with Gasteiger partial charge in [0.15, 0.2) is 0 Å². The van der Waals surface area contributed by atoms with Crippen molar-refractivity contribution in [3.05, 3.63) is 59.9 Å². The number of hydrogen-bond acceptors (Lipinski definition) is 3. The van der Waals surface area contributed by atoms with E-state index in [2.05, 4.69) is 9.88 Å². The van der Waals surface area contributed by atoms with E-state index >= 15 is 0 Å². The van der Waals surface area contributed by atoms with Crippen molar-refractivity contribution in [3.8, 4) is 5.75 Å². The quantitative estimate of drug-likeness (QED) is 0.747. The monoisotopic (exact) mass is 337 g/mol. The minimum absolute atomic E-state index is 0.0675. The van der Waals surface area contributed by atoms with Crippen molar-refractivity contribution in [2.24, 2.45) is 0 Å². The largest absolute Gasteiger partial charge is 0.492 e. The molecule has 1 aromatic heterocycles. The first-order valence-corrected chi connectivity index (χ1v) is 8.46. The van der Waals surface area contributed by atoms with Crippen LogP contribution in [0.5, 0.6) is 5.75 Å². The van der Waals surface area contributed by atoms with Crippen molar-refractivity contribution >= 4 is 16.9 Å². The van der Waals surface area contributed by atoms with Crippen LogP contribution in [0.1, 0.15) is 31.3 Å². The van der Waals surface area contributed by atoms with E-state index in [0.29, 0.717) is 13.2 Å². The van der Waals surface area contributed by atoms with Gasteiger partial charge in [0.25, 0.3) is 0 Å². The summed E-state index contributed by atoms with van der Waals surface area (Å²) in [6, 6.07) is 15.8. The Morgan fingerprint density at radius 1 is 1.24 bits per heavy atom. The summed E-state index contributed by atoms with van der Waals surface area (Å²) >= 11 is 0. The van der Waals surface area contributed by atoms with E-state index in [9.17, 15) is 4.79 Å². The van der Waals surface area contributed by atoms with Gasteiger partial charge in [-0.25, -0.2) is 4.98 Å². The van der Waals surface area contributed by atoms with Crippen LogP contribution in [0.4, 0.5) is 0 Å². The molecular weight excluding hydrogens is 314 g/mol. The van der Waals surface area contributed by atoms with E-state index in [1.54, 1.807) is 0 Å². The van der Waals surface area contributed by atoms with Gasteiger partial charge in [-0.15, -0.1) is 0 Å². The number of amides is 1. The molecule has 1 amide bonds. The lowest BCUT2D eigenvalue weighted by Crippen LogP contribution is -2.27. The van der Waals surface area contributed by atoms with Crippen molar-refractivity contribution in [1.82, 2.24) is 14.9 Å². The number of rotatable bonds is 6. The van der Waals surface area contributed by atoms with E-state index in [1.165, 1.54) is 12.5 Å². The highest BCUT2D eigenvalue weighted by molar-refractivity contribution is 5.77. The first kappa shape index (κ1) is 17.0. The van der Waals surface area contributed by atoms with Gasteiger partial charge in [0.1, 0.15) is 18.2 Å². The maximum Gasteiger partial charge on any atom is 0.217 e. The number of benzene rings is 2. The molecule has 0 saturated carbocycles. The Morgan fingerprint density at radius 2 is 2.04 bits per heavy atom. The minimum Gasteiger partial charge on any atom is -0.492 e. The Labute approximate surface area is 147 Å². The molecular formula is C20H23N3O2. The number of nitrogens with one attached hydrogen (secondary N) is 1. The van der Waals surface area contributed by atoms with Crippen molar-refractivity contribution in [1.29, 1.82) is 0 Å². The fraction of sp³-hybridized carbons (Fsp3) is 0.300. The molecule has 0 radical (unpaired) electrons. The molecule has 25 heavy (non-hydrogen) atoms. The normalized spacial score (nSPS) is 12.1. The highest BCUT2D eigenvalue weighted by atomic mass is 16.5. The number of carbonyl (C=O) groups excluding carboxylic acids is 1. The lowest BCUT2D eigenvalue weighted by molar-refractivity contribution is -0.119. The molecule has 1 heterocycles. The van der Waals surface area contributed by atoms with Gasteiger partial charge in [-0.2, -0.15) is 0 Å². The summed E-state index contributed by atoms with van der Waals surface area (Å²) in [5.74, 6) is 1.63. The number of carbonyl (C=O) groups is 1. The van der Waals surface area contributed by atoms with Crippen molar-refractivity contribution in [2.75, 3.05) is 6.61 Å². The predicted molar refractivity (Wildman–Crippen MR) is 98.6 cm³/mol. The Hall–Kier alpha value is -2.82. The summed E-state index contributed by atoms with van der Waals surface area (Å²) < 4.78 is 8.01. The Bertz CT molecular complexity index is 886. The number of fused-ring (bicyclic) bond motifs is 1. The maximum atomic E-state index is 11.4. The fourth-order valence-corrected chi connectivity index (χ4v) is 2.99. The van der Waals surface area contributed by atoms with Gasteiger partial charge in [0, 0.05) is 6.92 Å². The van der Waals surface area contributed by atoms with Crippen LogP contribution in [-0.2, 0) is 11.3 Å². The number of aryl methyl sites for hydroxylation is 1. The third-order valence-corrected chi connectivity index (χ3v) is 4.06. The predicted octanol–water partition coefficient (Wildman–Crippen LogP) is 3.62. The number of ether oxygens (including phenoxy) is 1. The molecule has 3 rings (SSSR count). The maximum absolute atomic E-state index is 11.4. The second-order valence-electron chi connectivity index (χ2n) is 6.20. The topological polar surface area (TPSA) is 56.2 Å². The molecule has 5 nitrogen and oxygen atoms in total. The van der Waals surface area contributed by atoms with Crippen molar-refractivity contribution in [2.45, 2.75) is 33.4 Å². The standard InChI is InChI=1S/C20H23N3O2/c1-14-7-6-8-17(13-14)25-12-11-23-19-10-5-4-9-18(19)22-20(23)15(2)21-16(3)24/h4-10,13,15H,11-12H2,1-3H3,(H,21,24). The highest BCUT2D eigenvalue weighted by Gasteiger charge is 2.17. The van der Waals surface area contributed by atoms with Crippen LogP contribution >= 0.6 is 0 Å². The van der Waals surface area contributed by atoms with Crippen LogP contribution in [0.3, 0.4) is 0 Å². The van der Waals surface area contributed by atoms with Crippen molar-refractivity contribution in [3.63, 3.8) is 0 Å². The van der Waals surface area contributed by atoms with Crippen LogP contribution in [0, 0.1) is 6.92 Å². The molecule has 1 unspecified atom stereocenters. The zero-order valence-electron chi connectivity index (χ0n) is 14.8. The van der Waals surface area contributed by atoms with E-state index < -0.39 is 0 Å². The Kier molecular flexibility index (Phi) is 5.03. The average molecular weight is 337 g/mol. The van der Waals surface area contributed by atoms with E-state index in [1.807, 2.05) is 62.4 Å². The zero-order chi connectivity index (χ0) is 17.8. The lowest BCUT2D eigenvalue weighted by Gasteiger charge is -2.16. The molecule has 2 aromatic carbocycles. The fourth-order valence-electron chi connectivity index (χ4n) is 2.99. The molecule has 0 saturated heterocycles. The minimum atomic E-state index is -0.163. The number of para-hydroxylation sites is 2. The Morgan fingerprint density at radius 3 is 2.80 bits per heavy atom. The molecule has 0 aliphatic rings. The first-order valence-electron chi connectivity index (χ1n) is 8.46. The molecule has 1 atom stereocenters. The van der Waals surface area contributed by atoms with Gasteiger partial charge in [-0.3, -0.25) is 4.79 Å². The molecule has 3 aromatic rings. The molecule has 0 bridgehead atoms.